The summed E-state index contributed by atoms with van der Waals surface area (Å²) in [4.78, 5) is 20.4. The summed E-state index contributed by atoms with van der Waals surface area (Å²) in [6.45, 7) is -0.538. The molecule has 1 aromatic rings. The molecule has 0 heterocycles. The van der Waals surface area contributed by atoms with Crippen LogP contribution in [-0.2, 0) is 6.61 Å². The van der Waals surface area contributed by atoms with Crippen molar-refractivity contribution in [2.45, 2.75) is 6.61 Å². The molecule has 0 aliphatic rings. The predicted molar refractivity (Wildman–Crippen MR) is 53.1 cm³/mol. The van der Waals surface area contributed by atoms with Crippen LogP contribution in [0.5, 0.6) is 0 Å². The zero-order valence-corrected chi connectivity index (χ0v) is 7.01. The molecule has 0 atom stereocenters. The minimum absolute atomic E-state index is 0. The molecule has 0 spiro atoms. The molecule has 1 rings (SSSR count). The first-order valence-electron chi connectivity index (χ1n) is 3.68. The van der Waals surface area contributed by atoms with Gasteiger partial charge in [-0.15, -0.1) is 0 Å². The third-order valence-electron chi connectivity index (χ3n) is 1.71. The summed E-state index contributed by atoms with van der Waals surface area (Å²) in [6.07, 6.45) is 0. The van der Waals surface area contributed by atoms with E-state index in [0.29, 0.717) is 0 Å². The van der Waals surface area contributed by atoms with Crippen molar-refractivity contribution in [3.8, 4) is 0 Å². The molecule has 0 aliphatic heterocycles. The van der Waals surface area contributed by atoms with Crippen LogP contribution in [0, 0.1) is 10.1 Å². The number of rotatable bonds is 3. The van der Waals surface area contributed by atoms with E-state index in [1.54, 1.807) is 0 Å². The standard InChI is InChI=1S/C8H7NO5.Na.H/c10-4-5-2-1-3-6(9(13)14)7(5)8(11)12;;/h1-3,10H,4H2,(H,11,12);;. The van der Waals surface area contributed by atoms with Crippen molar-refractivity contribution in [3.05, 3.63) is 39.4 Å². The van der Waals surface area contributed by atoms with Crippen molar-refractivity contribution in [2.75, 3.05) is 0 Å². The number of nitro groups is 1. The van der Waals surface area contributed by atoms with Crippen LogP contribution in [0.2, 0.25) is 0 Å². The predicted octanol–water partition coefficient (Wildman–Crippen LogP) is 0.137. The summed E-state index contributed by atoms with van der Waals surface area (Å²) in [5.74, 6) is -1.42. The molecule has 0 radical (unpaired) electrons. The average molecular weight is 221 g/mol. The van der Waals surface area contributed by atoms with E-state index in [-0.39, 0.29) is 35.1 Å². The molecule has 0 unspecified atom stereocenters. The SMILES string of the molecule is O=C(O)c1c(CO)cccc1[N+](=O)[O-].[NaH]. The first-order chi connectivity index (χ1) is 6.57. The fraction of sp³-hybridized carbons (Fsp3) is 0.125. The molecular formula is C8H8NNaO5. The number of nitro benzene ring substituents is 1. The number of nitrogens with zero attached hydrogens (tertiary/aromatic N) is 1. The van der Waals surface area contributed by atoms with E-state index in [1.807, 2.05) is 0 Å². The molecule has 0 amide bonds. The van der Waals surface area contributed by atoms with Crippen LogP contribution < -0.4 is 0 Å². The summed E-state index contributed by atoms with van der Waals surface area (Å²) in [6, 6.07) is 3.75. The van der Waals surface area contributed by atoms with Crippen LogP contribution in [0.25, 0.3) is 0 Å². The van der Waals surface area contributed by atoms with Gasteiger partial charge in [0.1, 0.15) is 5.56 Å². The fourth-order valence-electron chi connectivity index (χ4n) is 1.12. The van der Waals surface area contributed by atoms with Gasteiger partial charge < -0.3 is 10.2 Å². The second kappa shape index (κ2) is 5.82. The van der Waals surface area contributed by atoms with Crippen molar-refractivity contribution in [3.63, 3.8) is 0 Å². The molecule has 0 aliphatic carbocycles. The van der Waals surface area contributed by atoms with Gasteiger partial charge in [-0.2, -0.15) is 0 Å². The summed E-state index contributed by atoms with van der Waals surface area (Å²) >= 11 is 0. The first kappa shape index (κ1) is 14.1. The molecule has 2 N–H and O–H groups in total. The first-order valence-corrected chi connectivity index (χ1v) is 3.68. The van der Waals surface area contributed by atoms with Gasteiger partial charge >= 0.3 is 35.5 Å². The van der Waals surface area contributed by atoms with Crippen molar-refractivity contribution in [2.24, 2.45) is 0 Å². The zero-order valence-electron chi connectivity index (χ0n) is 7.01. The second-order valence-electron chi connectivity index (χ2n) is 2.53. The summed E-state index contributed by atoms with van der Waals surface area (Å²) < 4.78 is 0. The number of hydrogen-bond acceptors (Lipinski definition) is 4. The topological polar surface area (TPSA) is 101 Å². The normalized spacial score (nSPS) is 9.13. The number of carbonyl (C=O) groups is 1. The Balaban J connectivity index is 0.00000196. The molecule has 1 aromatic carbocycles. The van der Waals surface area contributed by atoms with Gasteiger partial charge in [0.25, 0.3) is 5.69 Å². The Morgan fingerprint density at radius 1 is 1.47 bits per heavy atom. The van der Waals surface area contributed by atoms with Crippen molar-refractivity contribution < 1.29 is 19.9 Å². The maximum atomic E-state index is 10.7. The van der Waals surface area contributed by atoms with Gasteiger partial charge in [0.2, 0.25) is 0 Å². The number of carboxylic acids is 1. The monoisotopic (exact) mass is 221 g/mol. The van der Waals surface area contributed by atoms with E-state index in [4.69, 9.17) is 10.2 Å². The molecule has 76 valence electrons. The van der Waals surface area contributed by atoms with E-state index >= 15 is 0 Å². The Morgan fingerprint density at radius 2 is 2.07 bits per heavy atom. The molecule has 0 bridgehead atoms. The van der Waals surface area contributed by atoms with E-state index in [9.17, 15) is 14.9 Å². The van der Waals surface area contributed by atoms with Gasteiger partial charge in [0, 0.05) is 6.07 Å². The molecule has 0 saturated heterocycles. The van der Waals surface area contributed by atoms with Crippen molar-refractivity contribution in [1.29, 1.82) is 0 Å². The van der Waals surface area contributed by atoms with Crippen LogP contribution in [0.3, 0.4) is 0 Å². The number of aromatic carboxylic acids is 1. The van der Waals surface area contributed by atoms with E-state index < -0.39 is 28.8 Å². The van der Waals surface area contributed by atoms with Crippen LogP contribution in [0.15, 0.2) is 18.2 Å². The molecule has 7 heteroatoms. The average Bonchev–Trinajstić information content (AvgIpc) is 2.16. The van der Waals surface area contributed by atoms with Gasteiger partial charge in [-0.25, -0.2) is 4.79 Å². The van der Waals surface area contributed by atoms with Crippen LogP contribution in [-0.4, -0.2) is 50.7 Å². The Hall–Kier alpha value is -0.950. The molecule has 0 fully saturated rings. The third-order valence-corrected chi connectivity index (χ3v) is 1.71. The van der Waals surface area contributed by atoms with Crippen molar-refractivity contribution in [1.82, 2.24) is 0 Å². The number of aliphatic hydroxyl groups is 1. The Kier molecular flexibility index (Phi) is 5.45. The molecule has 0 aromatic heterocycles. The van der Waals surface area contributed by atoms with Crippen LogP contribution in [0.4, 0.5) is 5.69 Å². The van der Waals surface area contributed by atoms with E-state index in [2.05, 4.69) is 0 Å². The number of aliphatic hydroxyl groups excluding tert-OH is 1. The summed E-state index contributed by atoms with van der Waals surface area (Å²) in [7, 11) is 0. The third kappa shape index (κ3) is 3.00. The molecule has 0 saturated carbocycles. The Bertz CT molecular complexity index is 393. The number of hydrogen-bond donors (Lipinski definition) is 2. The molecule has 6 nitrogen and oxygen atoms in total. The summed E-state index contributed by atoms with van der Waals surface area (Å²) in [5.41, 5.74) is -0.934. The van der Waals surface area contributed by atoms with Crippen LogP contribution in [0.1, 0.15) is 15.9 Å². The fourth-order valence-corrected chi connectivity index (χ4v) is 1.12. The van der Waals surface area contributed by atoms with Gasteiger partial charge in [-0.05, 0) is 5.56 Å². The van der Waals surface area contributed by atoms with Crippen molar-refractivity contribution >= 4 is 41.2 Å². The van der Waals surface area contributed by atoms with Gasteiger partial charge in [0.05, 0.1) is 11.5 Å². The van der Waals surface area contributed by atoms with Gasteiger partial charge in [0.15, 0.2) is 0 Å². The van der Waals surface area contributed by atoms with Gasteiger partial charge in [-0.3, -0.25) is 10.1 Å². The minimum atomic E-state index is -1.42. The van der Waals surface area contributed by atoms with E-state index in [0.717, 1.165) is 6.07 Å². The zero-order chi connectivity index (χ0) is 10.7. The van der Waals surface area contributed by atoms with Gasteiger partial charge in [-0.1, -0.05) is 12.1 Å². The number of carboxylic acid groups (broad SMARTS) is 1. The summed E-state index contributed by atoms with van der Waals surface area (Å²) in [5, 5.41) is 28.0. The maximum absolute atomic E-state index is 10.7. The quantitative estimate of drug-likeness (QED) is 0.429. The Labute approximate surface area is 107 Å². The van der Waals surface area contributed by atoms with Crippen LogP contribution >= 0.6 is 0 Å². The van der Waals surface area contributed by atoms with E-state index in [1.165, 1.54) is 12.1 Å². The molecular weight excluding hydrogens is 213 g/mol. The second-order valence-corrected chi connectivity index (χ2v) is 2.53. The Morgan fingerprint density at radius 3 is 2.47 bits per heavy atom. The number of benzene rings is 1. The molecule has 15 heavy (non-hydrogen) atoms.